The van der Waals surface area contributed by atoms with Crippen LogP contribution in [0.3, 0.4) is 0 Å². The van der Waals surface area contributed by atoms with Gasteiger partial charge in [-0.3, -0.25) is 4.68 Å². The molecular weight excluding hydrogens is 326 g/mol. The molecule has 0 aliphatic heterocycles. The number of rotatable bonds is 5. The Kier molecular flexibility index (Phi) is 5.14. The Bertz CT molecular complexity index is 885. The topological polar surface area (TPSA) is 39.4 Å². The molecule has 0 aliphatic rings. The molecule has 25 heavy (non-hydrogen) atoms. The molecule has 0 saturated heterocycles. The minimum atomic E-state index is -0.867. The quantitative estimate of drug-likeness (QED) is 0.502. The maximum absolute atomic E-state index is 6.05. The zero-order valence-corrected chi connectivity index (χ0v) is 16.0. The van der Waals surface area contributed by atoms with Gasteiger partial charge in [-0.1, -0.05) is 36.4 Å². The first kappa shape index (κ1) is 17.2. The summed E-state index contributed by atoms with van der Waals surface area (Å²) in [6, 6.07) is 16.3. The average molecular weight is 349 g/mol. The van der Waals surface area contributed by atoms with Crippen LogP contribution in [0.4, 0.5) is 5.69 Å². The molecule has 0 unspecified atom stereocenters. The van der Waals surface area contributed by atoms with Gasteiger partial charge in [0.05, 0.1) is 11.9 Å². The van der Waals surface area contributed by atoms with Crippen LogP contribution in [0.15, 0.2) is 65.9 Å². The summed E-state index contributed by atoms with van der Waals surface area (Å²) in [5.41, 5.74) is 4.95. The Morgan fingerprint density at radius 1 is 1.08 bits per heavy atom. The van der Waals surface area contributed by atoms with Crippen LogP contribution in [0.1, 0.15) is 16.7 Å². The van der Waals surface area contributed by atoms with Crippen LogP contribution in [0, 0.1) is 6.92 Å². The zero-order valence-electron chi connectivity index (χ0n) is 15.0. The minimum absolute atomic E-state index is 0.835. The van der Waals surface area contributed by atoms with Crippen molar-refractivity contribution in [2.24, 2.45) is 12.0 Å². The molecular formula is C20H22N3OSi. The van der Waals surface area contributed by atoms with E-state index in [0.29, 0.717) is 0 Å². The van der Waals surface area contributed by atoms with Crippen molar-refractivity contribution in [2.45, 2.75) is 20.0 Å². The van der Waals surface area contributed by atoms with Crippen LogP contribution in [0.2, 0.25) is 13.1 Å². The molecule has 0 spiro atoms. The highest BCUT2D eigenvalue weighted by Crippen LogP contribution is 2.30. The molecule has 3 aromatic rings. The third kappa shape index (κ3) is 4.25. The van der Waals surface area contributed by atoms with Crippen molar-refractivity contribution in [1.29, 1.82) is 0 Å². The van der Waals surface area contributed by atoms with E-state index in [1.165, 1.54) is 0 Å². The van der Waals surface area contributed by atoms with E-state index in [1.54, 1.807) is 4.68 Å². The first-order valence-electron chi connectivity index (χ1n) is 8.25. The lowest BCUT2D eigenvalue weighted by Gasteiger charge is -2.13. The number of benzene rings is 2. The zero-order chi connectivity index (χ0) is 17.8. The largest absolute Gasteiger partial charge is 0.541 e. The molecule has 0 amide bonds. The molecule has 2 aromatic carbocycles. The molecule has 0 N–H and O–H groups in total. The van der Waals surface area contributed by atoms with Gasteiger partial charge in [-0.05, 0) is 37.7 Å². The Hall–Kier alpha value is -2.66. The van der Waals surface area contributed by atoms with E-state index in [9.17, 15) is 0 Å². The van der Waals surface area contributed by atoms with Crippen LogP contribution < -0.4 is 4.43 Å². The van der Waals surface area contributed by atoms with Crippen molar-refractivity contribution in [3.8, 4) is 5.75 Å². The molecule has 3 rings (SSSR count). The molecule has 0 fully saturated rings. The maximum atomic E-state index is 6.05. The third-order valence-electron chi connectivity index (χ3n) is 3.69. The standard InChI is InChI=1S/C20H22N3OSi/c1-15-10-11-19(24-25(3)4)18(12-15)22-20(16-8-6-5-7-9-16)17-13-21-23(2)14-17/h5-14H,1-4H3. The summed E-state index contributed by atoms with van der Waals surface area (Å²) in [7, 11) is 1.05. The normalized spacial score (nSPS) is 11.8. The molecule has 0 atom stereocenters. The molecule has 0 bridgehead atoms. The van der Waals surface area contributed by atoms with Crippen LogP contribution in [0.5, 0.6) is 5.75 Å². The highest BCUT2D eigenvalue weighted by atomic mass is 28.3. The summed E-state index contributed by atoms with van der Waals surface area (Å²) in [6.45, 7) is 6.31. The predicted molar refractivity (Wildman–Crippen MR) is 104 cm³/mol. The molecule has 1 heterocycles. The molecule has 5 heteroatoms. The van der Waals surface area contributed by atoms with E-state index in [0.717, 1.165) is 33.8 Å². The number of nitrogens with zero attached hydrogens (tertiary/aromatic N) is 3. The van der Waals surface area contributed by atoms with Gasteiger partial charge in [0, 0.05) is 24.4 Å². The van der Waals surface area contributed by atoms with Crippen LogP contribution in [0.25, 0.3) is 0 Å². The number of aromatic nitrogens is 2. The molecule has 127 valence electrons. The Labute approximate surface area is 150 Å². The number of hydrogen-bond acceptors (Lipinski definition) is 3. The summed E-state index contributed by atoms with van der Waals surface area (Å²) >= 11 is 0. The number of hydrogen-bond donors (Lipinski definition) is 0. The van der Waals surface area contributed by atoms with E-state index < -0.39 is 9.04 Å². The number of aryl methyl sites for hydroxylation is 2. The summed E-state index contributed by atoms with van der Waals surface area (Å²) in [6.07, 6.45) is 3.83. The van der Waals surface area contributed by atoms with Gasteiger partial charge < -0.3 is 4.43 Å². The summed E-state index contributed by atoms with van der Waals surface area (Å²) in [4.78, 5) is 4.98. The van der Waals surface area contributed by atoms with Gasteiger partial charge in [0.15, 0.2) is 0 Å². The van der Waals surface area contributed by atoms with Crippen LogP contribution in [-0.2, 0) is 7.05 Å². The van der Waals surface area contributed by atoms with Crippen LogP contribution >= 0.6 is 0 Å². The van der Waals surface area contributed by atoms with Gasteiger partial charge in [0.1, 0.15) is 11.4 Å². The lowest BCUT2D eigenvalue weighted by molar-refractivity contribution is 0.582. The molecule has 1 radical (unpaired) electrons. The van der Waals surface area contributed by atoms with Gasteiger partial charge in [-0.25, -0.2) is 4.99 Å². The van der Waals surface area contributed by atoms with E-state index in [4.69, 9.17) is 9.42 Å². The van der Waals surface area contributed by atoms with E-state index in [2.05, 4.69) is 49.4 Å². The lowest BCUT2D eigenvalue weighted by atomic mass is 10.1. The Balaban J connectivity index is 2.15. The predicted octanol–water partition coefficient (Wildman–Crippen LogP) is 4.53. The highest BCUT2D eigenvalue weighted by molar-refractivity contribution is 6.49. The van der Waals surface area contributed by atoms with Gasteiger partial charge in [-0.2, -0.15) is 5.10 Å². The summed E-state index contributed by atoms with van der Waals surface area (Å²) < 4.78 is 7.84. The second kappa shape index (κ2) is 7.48. The molecule has 0 saturated carbocycles. The second-order valence-electron chi connectivity index (χ2n) is 6.21. The van der Waals surface area contributed by atoms with Crippen molar-refractivity contribution in [2.75, 3.05) is 0 Å². The fourth-order valence-electron chi connectivity index (χ4n) is 2.58. The average Bonchev–Trinajstić information content (AvgIpc) is 3.01. The lowest BCUT2D eigenvalue weighted by Crippen LogP contribution is -2.11. The third-order valence-corrected chi connectivity index (χ3v) is 4.31. The Morgan fingerprint density at radius 3 is 2.48 bits per heavy atom. The van der Waals surface area contributed by atoms with Gasteiger partial charge in [0.25, 0.3) is 9.04 Å². The fraction of sp³-hybridized carbons (Fsp3) is 0.200. The molecule has 1 aromatic heterocycles. The summed E-state index contributed by atoms with van der Waals surface area (Å²) in [5, 5.41) is 4.30. The molecule has 0 aliphatic carbocycles. The number of aliphatic imine (C=N–C) groups is 1. The van der Waals surface area contributed by atoms with Gasteiger partial charge >= 0.3 is 0 Å². The van der Waals surface area contributed by atoms with E-state index in [-0.39, 0.29) is 0 Å². The van der Waals surface area contributed by atoms with Crippen molar-refractivity contribution >= 4 is 20.4 Å². The Morgan fingerprint density at radius 2 is 1.84 bits per heavy atom. The van der Waals surface area contributed by atoms with Gasteiger partial charge in [-0.15, -0.1) is 0 Å². The van der Waals surface area contributed by atoms with Crippen molar-refractivity contribution in [3.63, 3.8) is 0 Å². The van der Waals surface area contributed by atoms with Crippen LogP contribution in [-0.4, -0.2) is 24.5 Å². The smallest absolute Gasteiger partial charge is 0.274 e. The SMILES string of the molecule is Cc1ccc(O[Si](C)C)c(N=C(c2ccccc2)c2cnn(C)c2)c1. The van der Waals surface area contributed by atoms with E-state index in [1.807, 2.05) is 43.7 Å². The molecule has 4 nitrogen and oxygen atoms in total. The van der Waals surface area contributed by atoms with Crippen molar-refractivity contribution < 1.29 is 4.43 Å². The first-order chi connectivity index (χ1) is 12.0. The fourth-order valence-corrected chi connectivity index (χ4v) is 3.19. The first-order valence-corrected chi connectivity index (χ1v) is 10.7. The second-order valence-corrected chi connectivity index (χ2v) is 8.23. The van der Waals surface area contributed by atoms with Gasteiger partial charge in [0.2, 0.25) is 0 Å². The van der Waals surface area contributed by atoms with Crippen molar-refractivity contribution in [3.05, 3.63) is 77.6 Å². The maximum Gasteiger partial charge on any atom is 0.274 e. The van der Waals surface area contributed by atoms with Crippen molar-refractivity contribution in [1.82, 2.24) is 9.78 Å². The minimum Gasteiger partial charge on any atom is -0.541 e. The summed E-state index contributed by atoms with van der Waals surface area (Å²) in [5.74, 6) is 0.835. The highest BCUT2D eigenvalue weighted by Gasteiger charge is 2.12. The van der Waals surface area contributed by atoms with E-state index >= 15 is 0 Å². The monoisotopic (exact) mass is 348 g/mol.